The summed E-state index contributed by atoms with van der Waals surface area (Å²) in [6.45, 7) is 1.81. The molecule has 1 unspecified atom stereocenters. The smallest absolute Gasteiger partial charge is 0.237 e. The van der Waals surface area contributed by atoms with E-state index in [1.807, 2.05) is 30.5 Å². The van der Waals surface area contributed by atoms with E-state index in [9.17, 15) is 9.18 Å². The minimum atomic E-state index is -1.10. The molecule has 2 atom stereocenters. The van der Waals surface area contributed by atoms with Crippen molar-refractivity contribution in [2.75, 3.05) is 31.5 Å². The minimum absolute atomic E-state index is 0.0335. The Hall–Kier alpha value is -2.43. The predicted octanol–water partition coefficient (Wildman–Crippen LogP) is 3.23. The molecule has 1 amide bonds. The number of piperidine rings is 1. The number of hydrogen-bond acceptors (Lipinski definition) is 5. The summed E-state index contributed by atoms with van der Waals surface area (Å²) < 4.78 is 13.6. The van der Waals surface area contributed by atoms with E-state index >= 15 is 0 Å². The highest BCUT2D eigenvalue weighted by Gasteiger charge is 2.36. The van der Waals surface area contributed by atoms with Crippen molar-refractivity contribution in [3.8, 4) is 6.07 Å². The molecule has 8 heteroatoms. The maximum absolute atomic E-state index is 13.6. The molecule has 29 heavy (non-hydrogen) atoms. The summed E-state index contributed by atoms with van der Waals surface area (Å²) >= 11 is 6.27. The largest absolute Gasteiger partial charge is 0.380 e. The fourth-order valence-electron chi connectivity index (χ4n) is 4.19. The Morgan fingerprint density at radius 3 is 2.86 bits per heavy atom. The molecule has 0 bridgehead atoms. The van der Waals surface area contributed by atoms with E-state index in [0.717, 1.165) is 42.4 Å². The van der Waals surface area contributed by atoms with Gasteiger partial charge >= 0.3 is 0 Å². The zero-order valence-electron chi connectivity index (χ0n) is 16.0. The van der Waals surface area contributed by atoms with Crippen LogP contribution in [0.5, 0.6) is 0 Å². The van der Waals surface area contributed by atoms with E-state index in [1.165, 1.54) is 4.90 Å². The van der Waals surface area contributed by atoms with Gasteiger partial charge in [0.05, 0.1) is 36.1 Å². The van der Waals surface area contributed by atoms with Crippen molar-refractivity contribution in [3.63, 3.8) is 0 Å². The van der Waals surface area contributed by atoms with E-state index in [4.69, 9.17) is 16.9 Å². The quantitative estimate of drug-likeness (QED) is 0.830. The highest BCUT2D eigenvalue weighted by molar-refractivity contribution is 6.35. The van der Waals surface area contributed by atoms with Crippen LogP contribution < -0.4 is 5.32 Å². The number of nitriles is 1. The van der Waals surface area contributed by atoms with Crippen molar-refractivity contribution in [2.24, 2.45) is 0 Å². The topological polar surface area (TPSA) is 72.3 Å². The van der Waals surface area contributed by atoms with Crippen LogP contribution in [0, 0.1) is 11.3 Å². The fourth-order valence-corrected chi connectivity index (χ4v) is 4.42. The van der Waals surface area contributed by atoms with Crippen molar-refractivity contribution in [1.29, 1.82) is 5.26 Å². The van der Waals surface area contributed by atoms with Gasteiger partial charge in [-0.2, -0.15) is 5.26 Å². The number of nitrogens with zero attached hydrogens (tertiary/aromatic N) is 4. The van der Waals surface area contributed by atoms with Crippen LogP contribution in [-0.4, -0.2) is 65.1 Å². The van der Waals surface area contributed by atoms with Crippen LogP contribution in [0.2, 0.25) is 5.02 Å². The number of carbonyl (C=O) groups excluding carboxylic acids is 1. The van der Waals surface area contributed by atoms with E-state index in [2.05, 4.69) is 15.2 Å². The summed E-state index contributed by atoms with van der Waals surface area (Å²) in [4.78, 5) is 20.3. The summed E-state index contributed by atoms with van der Waals surface area (Å²) in [6.07, 6.45) is 4.39. The Kier molecular flexibility index (Phi) is 5.84. The molecule has 0 radical (unpaired) electrons. The lowest BCUT2D eigenvalue weighted by atomic mass is 10.0. The normalized spacial score (nSPS) is 23.3. The Bertz CT molecular complexity index is 940. The number of carbonyl (C=O) groups is 1. The number of rotatable bonds is 4. The van der Waals surface area contributed by atoms with Crippen LogP contribution in [0.25, 0.3) is 10.8 Å². The molecule has 2 aliphatic heterocycles. The monoisotopic (exact) mass is 415 g/mol. The number of hydrogen-bond donors (Lipinski definition) is 1. The minimum Gasteiger partial charge on any atom is -0.380 e. The van der Waals surface area contributed by atoms with Crippen molar-refractivity contribution in [2.45, 2.75) is 37.5 Å². The summed E-state index contributed by atoms with van der Waals surface area (Å²) in [6, 6.07) is 7.49. The van der Waals surface area contributed by atoms with Crippen molar-refractivity contribution < 1.29 is 9.18 Å². The van der Waals surface area contributed by atoms with Gasteiger partial charge in [-0.05, 0) is 18.9 Å². The number of aromatic nitrogens is 1. The third-order valence-electron chi connectivity index (χ3n) is 5.78. The van der Waals surface area contributed by atoms with Gasteiger partial charge in [-0.3, -0.25) is 14.7 Å². The molecule has 2 aromatic rings. The number of halogens is 2. The number of benzene rings is 1. The van der Waals surface area contributed by atoms with Crippen LogP contribution in [0.3, 0.4) is 0 Å². The lowest BCUT2D eigenvalue weighted by Gasteiger charge is -2.33. The maximum atomic E-state index is 13.6. The zero-order valence-corrected chi connectivity index (χ0v) is 16.8. The molecular weight excluding hydrogens is 393 g/mol. The molecular formula is C21H23ClFN5O. The molecule has 4 rings (SSSR count). The van der Waals surface area contributed by atoms with Crippen molar-refractivity contribution in [3.05, 3.63) is 35.6 Å². The molecule has 1 aromatic heterocycles. The number of fused-ring (bicyclic) bond motifs is 1. The lowest BCUT2D eigenvalue weighted by Crippen LogP contribution is -2.46. The Balaban J connectivity index is 1.33. The standard InChI is InChI=1S/C21H23ClFN5O/c22-19-3-1-2-17-18(19)10-25-11-20(17)26-15-4-6-27(7-5-15)13-21(29)28-12-14(23)8-16(28)9-24/h1-3,10-11,14-16,26H,4-8,12-13H2/t14-,16?/m0/s1. The lowest BCUT2D eigenvalue weighted by molar-refractivity contribution is -0.132. The first-order chi connectivity index (χ1) is 14.0. The summed E-state index contributed by atoms with van der Waals surface area (Å²) in [5, 5.41) is 15.3. The molecule has 0 aliphatic carbocycles. The molecule has 1 N–H and O–H groups in total. The maximum Gasteiger partial charge on any atom is 0.237 e. The van der Waals surface area contributed by atoms with Crippen LogP contribution >= 0.6 is 11.6 Å². The third-order valence-corrected chi connectivity index (χ3v) is 6.11. The molecule has 3 heterocycles. The van der Waals surface area contributed by atoms with Crippen molar-refractivity contribution >= 4 is 34.0 Å². The van der Waals surface area contributed by atoms with Gasteiger partial charge < -0.3 is 10.2 Å². The first-order valence-electron chi connectivity index (χ1n) is 9.89. The highest BCUT2D eigenvalue weighted by atomic mass is 35.5. The van der Waals surface area contributed by atoms with Gasteiger partial charge in [-0.1, -0.05) is 23.7 Å². The van der Waals surface area contributed by atoms with E-state index in [0.29, 0.717) is 5.02 Å². The predicted molar refractivity (Wildman–Crippen MR) is 110 cm³/mol. The molecule has 6 nitrogen and oxygen atoms in total. The zero-order chi connectivity index (χ0) is 20.4. The van der Waals surface area contributed by atoms with E-state index < -0.39 is 12.2 Å². The van der Waals surface area contributed by atoms with Crippen LogP contribution in [0.1, 0.15) is 19.3 Å². The number of alkyl halides is 1. The average Bonchev–Trinajstić information content (AvgIpc) is 3.11. The Morgan fingerprint density at radius 1 is 1.31 bits per heavy atom. The second-order valence-corrected chi connectivity index (χ2v) is 8.15. The van der Waals surface area contributed by atoms with Crippen LogP contribution in [-0.2, 0) is 4.79 Å². The SMILES string of the molecule is N#CC1C[C@H](F)CN1C(=O)CN1CCC(Nc2cncc3c(Cl)cccc23)CC1. The first-order valence-corrected chi connectivity index (χ1v) is 10.3. The molecule has 0 spiro atoms. The third kappa shape index (κ3) is 4.29. The number of amides is 1. The first kappa shape index (κ1) is 19.9. The van der Waals surface area contributed by atoms with Gasteiger partial charge in [-0.15, -0.1) is 0 Å². The number of nitrogens with one attached hydrogen (secondary N) is 1. The van der Waals surface area contributed by atoms with Crippen LogP contribution in [0.4, 0.5) is 10.1 Å². The summed E-state index contributed by atoms with van der Waals surface area (Å²) in [5.74, 6) is -0.156. The van der Waals surface area contributed by atoms with Gasteiger partial charge in [0.25, 0.3) is 0 Å². The van der Waals surface area contributed by atoms with Gasteiger partial charge in [0.1, 0.15) is 12.2 Å². The molecule has 2 aliphatic rings. The van der Waals surface area contributed by atoms with Gasteiger partial charge in [0.15, 0.2) is 0 Å². The van der Waals surface area contributed by atoms with Crippen LogP contribution in [0.15, 0.2) is 30.6 Å². The molecule has 0 saturated carbocycles. The summed E-state index contributed by atoms with van der Waals surface area (Å²) in [7, 11) is 0. The van der Waals surface area contributed by atoms with Gasteiger partial charge in [0, 0.05) is 42.5 Å². The van der Waals surface area contributed by atoms with Gasteiger partial charge in [0.2, 0.25) is 5.91 Å². The highest BCUT2D eigenvalue weighted by Crippen LogP contribution is 2.29. The number of anilines is 1. The fraction of sp³-hybridized carbons (Fsp3) is 0.476. The molecule has 2 fully saturated rings. The second-order valence-electron chi connectivity index (χ2n) is 7.74. The van der Waals surface area contributed by atoms with Crippen molar-refractivity contribution in [1.82, 2.24) is 14.8 Å². The second kappa shape index (κ2) is 8.52. The van der Waals surface area contributed by atoms with E-state index in [1.54, 1.807) is 6.20 Å². The molecule has 2 saturated heterocycles. The Morgan fingerprint density at radius 2 is 2.10 bits per heavy atom. The van der Waals surface area contributed by atoms with Gasteiger partial charge in [-0.25, -0.2) is 4.39 Å². The average molecular weight is 416 g/mol. The number of likely N-dealkylation sites (tertiary alicyclic amines) is 2. The van der Waals surface area contributed by atoms with E-state index in [-0.39, 0.29) is 31.5 Å². The molecule has 152 valence electrons. The summed E-state index contributed by atoms with van der Waals surface area (Å²) in [5.41, 5.74) is 0.961. The Labute approximate surface area is 174 Å². The number of pyridine rings is 1. The molecule has 1 aromatic carbocycles.